The standard InChI is InChI=1S/C23H31FO7/c1-12(26)31-23(24)9-14(27)8-13-4-5-15-16-6-7-22(30,18(29)11-25)20(16,2)10-17(28)19(15)21(13,23)3/h8,15-17,19,25,28,30H,4-7,9-11H2,1-3H3/t15-,16-,17-,19+,20-,21-,22-,23?/m0/s1. The number of Topliss-reactive ketones (excluding diaryl/α,β-unsaturated/α-hetero) is 1. The number of carbonyl (C=O) groups is 3. The number of aliphatic hydroxyl groups excluding tert-OH is 2. The van der Waals surface area contributed by atoms with E-state index in [1.165, 1.54) is 6.08 Å². The monoisotopic (exact) mass is 438 g/mol. The summed E-state index contributed by atoms with van der Waals surface area (Å²) in [6, 6.07) is 0. The van der Waals surface area contributed by atoms with E-state index < -0.39 is 64.9 Å². The zero-order valence-corrected chi connectivity index (χ0v) is 18.2. The molecule has 0 spiro atoms. The molecule has 8 atom stereocenters. The number of hydrogen-bond donors (Lipinski definition) is 3. The number of rotatable bonds is 3. The van der Waals surface area contributed by atoms with Gasteiger partial charge in [0.05, 0.1) is 17.9 Å². The molecule has 0 amide bonds. The lowest BCUT2D eigenvalue weighted by Crippen LogP contribution is -2.66. The van der Waals surface area contributed by atoms with Crippen LogP contribution in [0.4, 0.5) is 4.39 Å². The Bertz CT molecular complexity index is 870. The molecule has 4 rings (SSSR count). The van der Waals surface area contributed by atoms with Crippen molar-refractivity contribution < 1.29 is 38.8 Å². The first kappa shape index (κ1) is 22.6. The summed E-state index contributed by atoms with van der Waals surface area (Å²) in [6.45, 7) is 3.71. The highest BCUT2D eigenvalue weighted by molar-refractivity contribution is 5.93. The summed E-state index contributed by atoms with van der Waals surface area (Å²) < 4.78 is 21.5. The minimum atomic E-state index is -2.58. The van der Waals surface area contributed by atoms with Crippen molar-refractivity contribution in [1.82, 2.24) is 0 Å². The maximum atomic E-state index is 16.4. The van der Waals surface area contributed by atoms with Crippen LogP contribution in [0.1, 0.15) is 59.3 Å². The maximum absolute atomic E-state index is 16.4. The second-order valence-electron chi connectivity index (χ2n) is 10.3. The van der Waals surface area contributed by atoms with E-state index in [2.05, 4.69) is 0 Å². The van der Waals surface area contributed by atoms with Gasteiger partial charge in [-0.2, -0.15) is 4.39 Å². The summed E-state index contributed by atoms with van der Waals surface area (Å²) in [5.41, 5.74) is -3.56. The molecule has 3 fully saturated rings. The highest BCUT2D eigenvalue weighted by Crippen LogP contribution is 2.69. The largest absolute Gasteiger partial charge is 0.427 e. The van der Waals surface area contributed by atoms with E-state index in [1.54, 1.807) is 13.8 Å². The quantitative estimate of drug-likeness (QED) is 0.573. The van der Waals surface area contributed by atoms with Crippen LogP contribution in [0.3, 0.4) is 0 Å². The Kier molecular flexibility index (Phi) is 5.04. The Balaban J connectivity index is 1.81. The van der Waals surface area contributed by atoms with Crippen molar-refractivity contribution in [3.05, 3.63) is 11.6 Å². The molecule has 0 bridgehead atoms. The molecule has 4 aliphatic carbocycles. The molecule has 0 aromatic rings. The molecule has 0 heterocycles. The molecule has 7 nitrogen and oxygen atoms in total. The van der Waals surface area contributed by atoms with Crippen LogP contribution >= 0.6 is 0 Å². The van der Waals surface area contributed by atoms with E-state index in [1.807, 2.05) is 0 Å². The highest BCUT2D eigenvalue weighted by atomic mass is 19.2. The fourth-order valence-corrected chi connectivity index (χ4v) is 7.69. The molecule has 0 aromatic heterocycles. The molecule has 172 valence electrons. The van der Waals surface area contributed by atoms with Crippen LogP contribution in [0.25, 0.3) is 0 Å². The third kappa shape index (κ3) is 2.77. The van der Waals surface area contributed by atoms with Crippen molar-refractivity contribution in [2.24, 2.45) is 28.6 Å². The molecule has 8 heteroatoms. The zero-order chi connectivity index (χ0) is 23.0. The molecule has 1 unspecified atom stereocenters. The van der Waals surface area contributed by atoms with Crippen LogP contribution in [0, 0.1) is 28.6 Å². The summed E-state index contributed by atoms with van der Waals surface area (Å²) in [6.07, 6.45) is 1.44. The Morgan fingerprint density at radius 3 is 2.58 bits per heavy atom. The van der Waals surface area contributed by atoms with Gasteiger partial charge >= 0.3 is 5.97 Å². The number of carbonyl (C=O) groups excluding carboxylic acids is 3. The number of ketones is 2. The first-order chi connectivity index (χ1) is 14.3. The van der Waals surface area contributed by atoms with Crippen molar-refractivity contribution >= 4 is 17.5 Å². The van der Waals surface area contributed by atoms with Crippen molar-refractivity contribution in [1.29, 1.82) is 0 Å². The first-order valence-electron chi connectivity index (χ1n) is 11.0. The van der Waals surface area contributed by atoms with Crippen LogP contribution in [0.5, 0.6) is 0 Å². The Labute approximate surface area is 180 Å². The summed E-state index contributed by atoms with van der Waals surface area (Å²) >= 11 is 0. The minimum Gasteiger partial charge on any atom is -0.427 e. The highest BCUT2D eigenvalue weighted by Gasteiger charge is 2.72. The molecular formula is C23H31FO7. The Morgan fingerprint density at radius 2 is 1.97 bits per heavy atom. The lowest BCUT2D eigenvalue weighted by Gasteiger charge is -2.62. The van der Waals surface area contributed by atoms with Gasteiger partial charge in [0.1, 0.15) is 12.2 Å². The average Bonchev–Trinajstić information content (AvgIpc) is 2.93. The number of hydrogen-bond acceptors (Lipinski definition) is 7. The average molecular weight is 438 g/mol. The number of esters is 1. The number of ether oxygens (including phenoxy) is 1. The third-order valence-electron chi connectivity index (χ3n) is 9.11. The predicted molar refractivity (Wildman–Crippen MR) is 106 cm³/mol. The summed E-state index contributed by atoms with van der Waals surface area (Å²) in [5.74, 6) is -5.58. The van der Waals surface area contributed by atoms with Crippen molar-refractivity contribution in [3.8, 4) is 0 Å². The summed E-state index contributed by atoms with van der Waals surface area (Å²) in [7, 11) is 0. The molecular weight excluding hydrogens is 407 g/mol. The fourth-order valence-electron chi connectivity index (χ4n) is 7.69. The predicted octanol–water partition coefficient (Wildman–Crippen LogP) is 1.62. The topological polar surface area (TPSA) is 121 Å². The van der Waals surface area contributed by atoms with E-state index in [-0.39, 0.29) is 24.7 Å². The van der Waals surface area contributed by atoms with Gasteiger partial charge < -0.3 is 20.1 Å². The van der Waals surface area contributed by atoms with Gasteiger partial charge in [-0.15, -0.1) is 0 Å². The second kappa shape index (κ2) is 6.93. The van der Waals surface area contributed by atoms with Gasteiger partial charge in [-0.3, -0.25) is 14.4 Å². The van der Waals surface area contributed by atoms with Gasteiger partial charge in [0.25, 0.3) is 5.85 Å². The van der Waals surface area contributed by atoms with Crippen LogP contribution in [0.2, 0.25) is 0 Å². The summed E-state index contributed by atoms with van der Waals surface area (Å²) in [5, 5.41) is 32.0. The van der Waals surface area contributed by atoms with Crippen LogP contribution in [-0.4, -0.2) is 57.0 Å². The Morgan fingerprint density at radius 1 is 1.29 bits per heavy atom. The summed E-state index contributed by atoms with van der Waals surface area (Å²) in [4.78, 5) is 36.5. The van der Waals surface area contributed by atoms with Gasteiger partial charge in [0.15, 0.2) is 11.6 Å². The minimum absolute atomic E-state index is 0.0496. The van der Waals surface area contributed by atoms with Gasteiger partial charge in [-0.25, -0.2) is 0 Å². The van der Waals surface area contributed by atoms with E-state index >= 15 is 4.39 Å². The number of fused-ring (bicyclic) bond motifs is 5. The van der Waals surface area contributed by atoms with E-state index in [0.717, 1.165) is 6.92 Å². The molecule has 31 heavy (non-hydrogen) atoms. The normalized spacial score (nSPS) is 48.9. The van der Waals surface area contributed by atoms with Crippen LogP contribution < -0.4 is 0 Å². The molecule has 0 radical (unpaired) electrons. The van der Waals surface area contributed by atoms with Gasteiger partial charge in [-0.1, -0.05) is 12.5 Å². The Hall–Kier alpha value is -1.64. The molecule has 3 N–H and O–H groups in total. The molecule has 4 aliphatic rings. The molecule has 0 aliphatic heterocycles. The smallest absolute Gasteiger partial charge is 0.305 e. The number of aliphatic hydroxyl groups is 3. The molecule has 0 aromatic carbocycles. The lowest BCUT2D eigenvalue weighted by atomic mass is 9.44. The van der Waals surface area contributed by atoms with Crippen LogP contribution in [0.15, 0.2) is 11.6 Å². The van der Waals surface area contributed by atoms with Gasteiger partial charge in [0, 0.05) is 18.3 Å². The molecule has 3 saturated carbocycles. The number of halogens is 1. The second-order valence-corrected chi connectivity index (χ2v) is 10.3. The fraction of sp³-hybridized carbons (Fsp3) is 0.783. The van der Waals surface area contributed by atoms with Gasteiger partial charge in [0.2, 0.25) is 0 Å². The van der Waals surface area contributed by atoms with Crippen molar-refractivity contribution in [2.45, 2.75) is 76.9 Å². The first-order valence-corrected chi connectivity index (χ1v) is 11.0. The SMILES string of the molecule is CC(=O)OC1(F)CC(=O)C=C2CC[C@@H]3[C@H]([C@@H](O)C[C@@]4(C)[C@H]3CC[C@]4(O)C(=O)CO)[C@]21C. The van der Waals surface area contributed by atoms with E-state index in [0.29, 0.717) is 24.8 Å². The lowest BCUT2D eigenvalue weighted by molar-refractivity contribution is -0.257. The third-order valence-corrected chi connectivity index (χ3v) is 9.11. The van der Waals surface area contributed by atoms with Crippen molar-refractivity contribution in [3.63, 3.8) is 0 Å². The molecule has 0 saturated heterocycles. The van der Waals surface area contributed by atoms with Gasteiger partial charge in [-0.05, 0) is 56.9 Å². The maximum Gasteiger partial charge on any atom is 0.305 e. The number of alkyl halides is 1. The zero-order valence-electron chi connectivity index (χ0n) is 18.2. The van der Waals surface area contributed by atoms with Crippen molar-refractivity contribution in [2.75, 3.05) is 6.61 Å². The van der Waals surface area contributed by atoms with Crippen LogP contribution in [-0.2, 0) is 19.1 Å². The van der Waals surface area contributed by atoms with E-state index in [9.17, 15) is 29.7 Å². The van der Waals surface area contributed by atoms with E-state index in [4.69, 9.17) is 4.74 Å².